The molecule has 1 heterocycles. The molecule has 0 atom stereocenters. The van der Waals surface area contributed by atoms with Crippen LogP contribution in [0.2, 0.25) is 0 Å². The number of thiophene rings is 1. The predicted molar refractivity (Wildman–Crippen MR) is 68.9 cm³/mol. The third-order valence-electron chi connectivity index (χ3n) is 2.26. The molecule has 0 aliphatic rings. The Labute approximate surface area is 103 Å². The van der Waals surface area contributed by atoms with Gasteiger partial charge in [0.1, 0.15) is 0 Å². The van der Waals surface area contributed by atoms with E-state index >= 15 is 0 Å². The zero-order valence-electron chi connectivity index (χ0n) is 9.04. The Morgan fingerprint density at radius 3 is 2.94 bits per heavy atom. The summed E-state index contributed by atoms with van der Waals surface area (Å²) in [7, 11) is 0. The molecule has 5 heteroatoms. The molecule has 0 unspecified atom stereocenters. The SMILES string of the molecule is NC(=O)N(O)CC=Cc1cc2ccccc2s1. The summed E-state index contributed by atoms with van der Waals surface area (Å²) in [6.45, 7) is 0.0869. The average molecular weight is 248 g/mol. The first-order valence-electron chi connectivity index (χ1n) is 5.08. The molecule has 17 heavy (non-hydrogen) atoms. The number of hydrogen-bond donors (Lipinski definition) is 2. The largest absolute Gasteiger partial charge is 0.350 e. The molecule has 1 aromatic carbocycles. The molecule has 0 aliphatic heterocycles. The van der Waals surface area contributed by atoms with E-state index in [9.17, 15) is 4.79 Å². The van der Waals surface area contributed by atoms with Gasteiger partial charge in [-0.05, 0) is 23.6 Å². The molecule has 88 valence electrons. The van der Waals surface area contributed by atoms with Gasteiger partial charge >= 0.3 is 6.03 Å². The van der Waals surface area contributed by atoms with E-state index in [-0.39, 0.29) is 6.54 Å². The topological polar surface area (TPSA) is 66.6 Å². The fraction of sp³-hybridized carbons (Fsp3) is 0.0833. The number of fused-ring (bicyclic) bond motifs is 1. The Hall–Kier alpha value is -1.85. The molecule has 2 amide bonds. The van der Waals surface area contributed by atoms with Gasteiger partial charge in [-0.1, -0.05) is 24.3 Å². The number of hydroxylamine groups is 2. The van der Waals surface area contributed by atoms with Gasteiger partial charge in [-0.2, -0.15) is 0 Å². The second-order valence-electron chi connectivity index (χ2n) is 3.51. The fourth-order valence-electron chi connectivity index (χ4n) is 1.44. The molecule has 2 rings (SSSR count). The van der Waals surface area contributed by atoms with Crippen molar-refractivity contribution >= 4 is 33.5 Å². The molecule has 0 saturated carbocycles. The summed E-state index contributed by atoms with van der Waals surface area (Å²) in [4.78, 5) is 11.6. The van der Waals surface area contributed by atoms with E-state index in [1.807, 2.05) is 24.3 Å². The highest BCUT2D eigenvalue weighted by molar-refractivity contribution is 7.19. The van der Waals surface area contributed by atoms with Gasteiger partial charge in [0, 0.05) is 9.58 Å². The number of nitrogens with zero attached hydrogens (tertiary/aromatic N) is 1. The first-order valence-corrected chi connectivity index (χ1v) is 5.89. The highest BCUT2D eigenvalue weighted by atomic mass is 32.1. The number of benzene rings is 1. The molecular formula is C12H12N2O2S. The van der Waals surface area contributed by atoms with Crippen molar-refractivity contribution in [2.24, 2.45) is 5.73 Å². The van der Waals surface area contributed by atoms with Crippen molar-refractivity contribution in [3.63, 3.8) is 0 Å². The van der Waals surface area contributed by atoms with Crippen LogP contribution in [0, 0.1) is 0 Å². The molecule has 2 aromatic rings. The molecule has 3 N–H and O–H groups in total. The quantitative estimate of drug-likeness (QED) is 0.647. The number of urea groups is 1. The van der Waals surface area contributed by atoms with Gasteiger partial charge in [0.15, 0.2) is 0 Å². The number of amides is 2. The smallest absolute Gasteiger partial charge is 0.338 e. The monoisotopic (exact) mass is 248 g/mol. The van der Waals surface area contributed by atoms with Gasteiger partial charge in [-0.15, -0.1) is 11.3 Å². The predicted octanol–water partition coefficient (Wildman–Crippen LogP) is 2.68. The van der Waals surface area contributed by atoms with E-state index in [0.29, 0.717) is 5.06 Å². The van der Waals surface area contributed by atoms with Crippen LogP contribution in [0.4, 0.5) is 4.79 Å². The summed E-state index contributed by atoms with van der Waals surface area (Å²) >= 11 is 1.65. The minimum atomic E-state index is -0.856. The van der Waals surface area contributed by atoms with Crippen molar-refractivity contribution < 1.29 is 10.0 Å². The van der Waals surface area contributed by atoms with Crippen molar-refractivity contribution in [2.45, 2.75) is 0 Å². The van der Waals surface area contributed by atoms with Crippen molar-refractivity contribution in [1.29, 1.82) is 0 Å². The number of carbonyl (C=O) groups excluding carboxylic acids is 1. The molecule has 1 aromatic heterocycles. The van der Waals surface area contributed by atoms with E-state index in [2.05, 4.69) is 12.1 Å². The lowest BCUT2D eigenvalue weighted by atomic mass is 10.2. The van der Waals surface area contributed by atoms with Gasteiger partial charge in [0.2, 0.25) is 0 Å². The Morgan fingerprint density at radius 2 is 2.24 bits per heavy atom. The average Bonchev–Trinajstić information content (AvgIpc) is 2.71. The molecule has 0 aliphatic carbocycles. The van der Waals surface area contributed by atoms with E-state index in [1.165, 1.54) is 10.1 Å². The normalized spacial score (nSPS) is 11.1. The molecule has 0 radical (unpaired) electrons. The van der Waals surface area contributed by atoms with E-state index in [0.717, 1.165) is 4.88 Å². The second kappa shape index (κ2) is 4.99. The van der Waals surface area contributed by atoms with Crippen LogP contribution in [0.5, 0.6) is 0 Å². The maximum Gasteiger partial charge on any atom is 0.338 e. The van der Waals surface area contributed by atoms with Crippen LogP contribution >= 0.6 is 11.3 Å². The number of nitrogens with two attached hydrogens (primary N) is 1. The lowest BCUT2D eigenvalue weighted by Crippen LogP contribution is -2.32. The summed E-state index contributed by atoms with van der Waals surface area (Å²) in [5, 5.41) is 10.7. The van der Waals surface area contributed by atoms with Crippen molar-refractivity contribution in [3.8, 4) is 0 Å². The van der Waals surface area contributed by atoms with Gasteiger partial charge in [0.25, 0.3) is 0 Å². The molecular weight excluding hydrogens is 236 g/mol. The molecule has 4 nitrogen and oxygen atoms in total. The third kappa shape index (κ3) is 2.83. The molecule has 0 fully saturated rings. The lowest BCUT2D eigenvalue weighted by molar-refractivity contribution is -0.0286. The Balaban J connectivity index is 2.08. The summed E-state index contributed by atoms with van der Waals surface area (Å²) in [5.41, 5.74) is 4.88. The van der Waals surface area contributed by atoms with Crippen molar-refractivity contribution in [3.05, 3.63) is 41.3 Å². The van der Waals surface area contributed by atoms with Gasteiger partial charge < -0.3 is 5.73 Å². The minimum absolute atomic E-state index is 0.0869. The summed E-state index contributed by atoms with van der Waals surface area (Å²) in [6, 6.07) is 9.29. The lowest BCUT2D eigenvalue weighted by Gasteiger charge is -2.07. The van der Waals surface area contributed by atoms with Crippen LogP contribution in [0.1, 0.15) is 4.88 Å². The Bertz CT molecular complexity index is 529. The third-order valence-corrected chi connectivity index (χ3v) is 3.34. The number of rotatable bonds is 3. The standard InChI is InChI=1S/C12H12N2O2S/c13-12(15)14(16)7-3-5-10-8-9-4-1-2-6-11(9)17-10/h1-6,8,16H,7H2,(H2,13,15). The van der Waals surface area contributed by atoms with Gasteiger partial charge in [0.05, 0.1) is 6.54 Å². The summed E-state index contributed by atoms with van der Waals surface area (Å²) < 4.78 is 1.21. The van der Waals surface area contributed by atoms with Crippen LogP contribution < -0.4 is 5.73 Å². The van der Waals surface area contributed by atoms with Crippen molar-refractivity contribution in [1.82, 2.24) is 5.06 Å². The van der Waals surface area contributed by atoms with Crippen LogP contribution in [-0.4, -0.2) is 22.8 Å². The highest BCUT2D eigenvalue weighted by Gasteiger charge is 2.01. The first kappa shape index (κ1) is 11.6. The Kier molecular flexibility index (Phi) is 3.41. The van der Waals surface area contributed by atoms with E-state index < -0.39 is 6.03 Å². The minimum Gasteiger partial charge on any atom is -0.350 e. The van der Waals surface area contributed by atoms with Crippen LogP contribution in [0.25, 0.3) is 16.2 Å². The second-order valence-corrected chi connectivity index (χ2v) is 4.62. The number of primary amides is 1. The molecule has 0 saturated heterocycles. The van der Waals surface area contributed by atoms with E-state index in [4.69, 9.17) is 10.9 Å². The van der Waals surface area contributed by atoms with Gasteiger partial charge in [-0.25, -0.2) is 9.86 Å². The van der Waals surface area contributed by atoms with Crippen molar-refractivity contribution in [2.75, 3.05) is 6.54 Å². The first-order chi connectivity index (χ1) is 8.16. The summed E-state index contributed by atoms with van der Waals surface area (Å²) in [5.74, 6) is 0. The zero-order chi connectivity index (χ0) is 12.3. The maximum absolute atomic E-state index is 10.5. The maximum atomic E-state index is 10.5. The van der Waals surface area contributed by atoms with Crippen LogP contribution in [0.15, 0.2) is 36.4 Å². The zero-order valence-corrected chi connectivity index (χ0v) is 9.85. The van der Waals surface area contributed by atoms with Crippen LogP contribution in [-0.2, 0) is 0 Å². The molecule has 0 spiro atoms. The van der Waals surface area contributed by atoms with E-state index in [1.54, 1.807) is 17.4 Å². The fourth-order valence-corrected chi connectivity index (χ4v) is 2.44. The highest BCUT2D eigenvalue weighted by Crippen LogP contribution is 2.25. The summed E-state index contributed by atoms with van der Waals surface area (Å²) in [6.07, 6.45) is 3.55. The van der Waals surface area contributed by atoms with Gasteiger partial charge in [-0.3, -0.25) is 5.21 Å². The van der Waals surface area contributed by atoms with Crippen LogP contribution in [0.3, 0.4) is 0 Å². The number of carbonyl (C=O) groups is 1. The Morgan fingerprint density at radius 1 is 1.47 bits per heavy atom. The molecule has 0 bridgehead atoms. The number of hydrogen-bond acceptors (Lipinski definition) is 3.